The van der Waals surface area contributed by atoms with Gasteiger partial charge in [0.2, 0.25) is 0 Å². The average Bonchev–Trinajstić information content (AvgIpc) is 2.25. The molecule has 0 heterocycles. The van der Waals surface area contributed by atoms with E-state index >= 15 is 0 Å². The summed E-state index contributed by atoms with van der Waals surface area (Å²) in [6.07, 6.45) is 0.812. The second kappa shape index (κ2) is 9.61. The average molecular weight is 481 g/mol. The second-order valence-electron chi connectivity index (χ2n) is 3.47. The third kappa shape index (κ3) is 10.3. The molecule has 0 aliphatic heterocycles. The van der Waals surface area contributed by atoms with Crippen LogP contribution in [0.25, 0.3) is 0 Å². The number of carbonyl (C=O) groups excluding carboxylic acids is 2. The van der Waals surface area contributed by atoms with Crippen LogP contribution in [0, 0.1) is 0 Å². The van der Waals surface area contributed by atoms with E-state index < -0.39 is 13.9 Å². The summed E-state index contributed by atoms with van der Waals surface area (Å²) in [5.41, 5.74) is 0. The molecule has 7 heteroatoms. The molecule has 0 aromatic heterocycles. The van der Waals surface area contributed by atoms with Gasteiger partial charge in [0.1, 0.15) is 0 Å². The number of hydrogen-bond donors (Lipinski definition) is 0. The molecule has 0 aliphatic rings. The van der Waals surface area contributed by atoms with Crippen LogP contribution >= 0.6 is 25.4 Å². The monoisotopic (exact) mass is 480 g/mol. The number of esters is 2. The third-order valence-corrected chi connectivity index (χ3v) is 18.2. The number of hydrogen-bond acceptors (Lipinski definition) is 4. The molecular formula is C10H18Br2O4Sn. The van der Waals surface area contributed by atoms with Crippen molar-refractivity contribution in [1.82, 2.24) is 0 Å². The SMILES string of the molecule is CCOC(=O)C[CH2][Sn]([Br])([Br])[CH2]CC(=O)OCC. The van der Waals surface area contributed by atoms with Gasteiger partial charge in [0.25, 0.3) is 0 Å². The quantitative estimate of drug-likeness (QED) is 0.396. The van der Waals surface area contributed by atoms with Crippen molar-refractivity contribution in [2.75, 3.05) is 13.2 Å². The maximum absolute atomic E-state index is 11.2. The number of carbonyl (C=O) groups is 2. The normalized spacial score (nSPS) is 11.1. The molecule has 0 amide bonds. The van der Waals surface area contributed by atoms with E-state index in [4.69, 9.17) is 9.47 Å². The molecule has 0 atom stereocenters. The van der Waals surface area contributed by atoms with Gasteiger partial charge in [-0.1, -0.05) is 0 Å². The molecule has 17 heavy (non-hydrogen) atoms. The summed E-state index contributed by atoms with van der Waals surface area (Å²) in [5.74, 6) is -0.354. The molecule has 0 radical (unpaired) electrons. The van der Waals surface area contributed by atoms with Crippen molar-refractivity contribution in [3.63, 3.8) is 0 Å². The van der Waals surface area contributed by atoms with E-state index in [2.05, 4.69) is 25.4 Å². The first-order valence-electron chi connectivity index (χ1n) is 5.60. The fourth-order valence-corrected chi connectivity index (χ4v) is 10.4. The summed E-state index contributed by atoms with van der Waals surface area (Å²) >= 11 is 4.70. The number of halogens is 2. The van der Waals surface area contributed by atoms with Crippen LogP contribution in [-0.4, -0.2) is 39.1 Å². The summed E-state index contributed by atoms with van der Waals surface area (Å²) in [5, 5.41) is 0. The van der Waals surface area contributed by atoms with Gasteiger partial charge in [-0.15, -0.1) is 0 Å². The summed E-state index contributed by atoms with van der Waals surface area (Å²) in [4.78, 5) is 22.4. The molecule has 0 aliphatic carbocycles. The van der Waals surface area contributed by atoms with Gasteiger partial charge >= 0.3 is 119 Å². The van der Waals surface area contributed by atoms with Gasteiger partial charge in [-0.3, -0.25) is 0 Å². The molecule has 0 saturated carbocycles. The Kier molecular flexibility index (Phi) is 10.0. The van der Waals surface area contributed by atoms with Crippen LogP contribution in [0.4, 0.5) is 0 Å². The summed E-state index contributed by atoms with van der Waals surface area (Å²) in [6, 6.07) is 0. The van der Waals surface area contributed by atoms with Gasteiger partial charge in [-0.2, -0.15) is 0 Å². The van der Waals surface area contributed by atoms with E-state index in [-0.39, 0.29) is 11.9 Å². The van der Waals surface area contributed by atoms with E-state index in [0.29, 0.717) is 26.1 Å². The van der Waals surface area contributed by atoms with Crippen LogP contribution in [0.5, 0.6) is 0 Å². The molecular weight excluding hydrogens is 463 g/mol. The zero-order valence-corrected chi connectivity index (χ0v) is 16.2. The van der Waals surface area contributed by atoms with Crippen molar-refractivity contribution in [3.8, 4) is 0 Å². The maximum atomic E-state index is 11.2. The van der Waals surface area contributed by atoms with Crippen molar-refractivity contribution in [2.24, 2.45) is 0 Å². The Labute approximate surface area is 118 Å². The molecule has 0 aromatic carbocycles. The number of ether oxygens (including phenoxy) is 2. The van der Waals surface area contributed by atoms with Gasteiger partial charge in [0.05, 0.1) is 0 Å². The Morgan fingerprint density at radius 3 is 1.59 bits per heavy atom. The summed E-state index contributed by atoms with van der Waals surface area (Å²) in [6.45, 7) is 4.40. The van der Waals surface area contributed by atoms with Crippen LogP contribution in [0.3, 0.4) is 0 Å². The fourth-order valence-electron chi connectivity index (χ4n) is 1.16. The fraction of sp³-hybridized carbons (Fsp3) is 0.800. The van der Waals surface area contributed by atoms with Crippen LogP contribution in [0.2, 0.25) is 8.87 Å². The van der Waals surface area contributed by atoms with E-state index in [1.807, 2.05) is 0 Å². The standard InChI is InChI=1S/2C5H9O2.2BrH.Sn/c2*1-3-5(6)7-4-2;;;/h2*1,3-4H2,2H3;2*1H;/q;;;;+2/p-2. The van der Waals surface area contributed by atoms with Crippen LogP contribution in [0.15, 0.2) is 0 Å². The van der Waals surface area contributed by atoms with Crippen molar-refractivity contribution in [2.45, 2.75) is 35.6 Å². The topological polar surface area (TPSA) is 52.6 Å². The van der Waals surface area contributed by atoms with Crippen LogP contribution in [-0.2, 0) is 19.1 Å². The van der Waals surface area contributed by atoms with E-state index in [1.54, 1.807) is 13.8 Å². The molecule has 0 rings (SSSR count). The van der Waals surface area contributed by atoms with Crippen molar-refractivity contribution < 1.29 is 19.1 Å². The van der Waals surface area contributed by atoms with Crippen molar-refractivity contribution in [1.29, 1.82) is 0 Å². The zero-order valence-electron chi connectivity index (χ0n) is 10.1. The second-order valence-corrected chi connectivity index (χ2v) is 38.7. The summed E-state index contributed by atoms with van der Waals surface area (Å²) < 4.78 is 11.3. The first kappa shape index (κ1) is 17.7. The van der Waals surface area contributed by atoms with Gasteiger partial charge in [-0.25, -0.2) is 0 Å². The predicted molar refractivity (Wildman–Crippen MR) is 75.7 cm³/mol. The molecule has 0 N–H and O–H groups in total. The number of rotatable bonds is 8. The summed E-state index contributed by atoms with van der Waals surface area (Å²) in [7, 11) is 0. The minimum absolute atomic E-state index is 0.177. The molecule has 0 aromatic rings. The van der Waals surface area contributed by atoms with Gasteiger partial charge in [0.15, 0.2) is 0 Å². The minimum atomic E-state index is -2.60. The third-order valence-electron chi connectivity index (χ3n) is 2.00. The first-order chi connectivity index (χ1) is 7.91. The predicted octanol–water partition coefficient (Wildman–Crippen LogP) is 3.12. The Balaban J connectivity index is 3.86. The molecule has 0 saturated heterocycles. The Hall–Kier alpha value is 0.699. The molecule has 0 fully saturated rings. The Morgan fingerprint density at radius 2 is 1.29 bits per heavy atom. The molecule has 100 valence electrons. The Bertz CT molecular complexity index is 235. The van der Waals surface area contributed by atoms with E-state index in [9.17, 15) is 9.59 Å². The van der Waals surface area contributed by atoms with Gasteiger partial charge in [-0.05, 0) is 0 Å². The van der Waals surface area contributed by atoms with E-state index in [1.165, 1.54) is 0 Å². The van der Waals surface area contributed by atoms with Crippen molar-refractivity contribution >= 4 is 51.3 Å². The van der Waals surface area contributed by atoms with Crippen LogP contribution in [0.1, 0.15) is 26.7 Å². The molecule has 0 unspecified atom stereocenters. The molecule has 0 bridgehead atoms. The van der Waals surface area contributed by atoms with Crippen LogP contribution < -0.4 is 0 Å². The van der Waals surface area contributed by atoms with Crippen molar-refractivity contribution in [3.05, 3.63) is 0 Å². The van der Waals surface area contributed by atoms with Gasteiger partial charge in [0, 0.05) is 0 Å². The Morgan fingerprint density at radius 1 is 0.941 bits per heavy atom. The molecule has 4 nitrogen and oxygen atoms in total. The van der Waals surface area contributed by atoms with Gasteiger partial charge < -0.3 is 0 Å². The van der Waals surface area contributed by atoms with E-state index in [0.717, 1.165) is 8.87 Å². The zero-order chi connectivity index (χ0) is 13.3. The molecule has 0 spiro atoms. The first-order valence-corrected chi connectivity index (χ1v) is 22.4.